The van der Waals surface area contributed by atoms with Crippen LogP contribution in [0.5, 0.6) is 0 Å². The fourth-order valence-corrected chi connectivity index (χ4v) is 2.09. The van der Waals surface area contributed by atoms with Gasteiger partial charge in [0.05, 0.1) is 23.8 Å². The minimum atomic E-state index is -4.53. The van der Waals surface area contributed by atoms with Crippen molar-refractivity contribution in [2.24, 2.45) is 0 Å². The van der Waals surface area contributed by atoms with E-state index >= 15 is 0 Å². The first kappa shape index (κ1) is 16.7. The van der Waals surface area contributed by atoms with Gasteiger partial charge in [-0.1, -0.05) is 6.07 Å². The second kappa shape index (κ2) is 6.76. The minimum Gasteiger partial charge on any atom is -0.472 e. The second-order valence-electron chi connectivity index (χ2n) is 5.18. The van der Waals surface area contributed by atoms with Crippen LogP contribution in [-0.4, -0.2) is 15.9 Å². The maximum Gasteiger partial charge on any atom is 0.433 e. The molecule has 0 atom stereocenters. The highest BCUT2D eigenvalue weighted by Gasteiger charge is 2.32. The van der Waals surface area contributed by atoms with Crippen LogP contribution < -0.4 is 5.32 Å². The average Bonchev–Trinajstić information content (AvgIpc) is 3.14. The number of furan rings is 1. The molecule has 0 aromatic carbocycles. The lowest BCUT2D eigenvalue weighted by molar-refractivity contribution is -0.141. The smallest absolute Gasteiger partial charge is 0.433 e. The number of rotatable bonds is 4. The van der Waals surface area contributed by atoms with Crippen LogP contribution in [0.25, 0.3) is 11.3 Å². The van der Waals surface area contributed by atoms with E-state index in [2.05, 4.69) is 15.3 Å². The third-order valence-electron chi connectivity index (χ3n) is 3.41. The summed E-state index contributed by atoms with van der Waals surface area (Å²) < 4.78 is 42.3. The predicted molar refractivity (Wildman–Crippen MR) is 82.3 cm³/mol. The number of aromatic nitrogens is 2. The zero-order valence-corrected chi connectivity index (χ0v) is 12.7. The number of nitrogens with zero attached hydrogens (tertiary/aromatic N) is 2. The van der Waals surface area contributed by atoms with Gasteiger partial charge in [-0.05, 0) is 29.8 Å². The molecule has 0 unspecified atom stereocenters. The Kier molecular flexibility index (Phi) is 4.51. The Morgan fingerprint density at radius 2 is 1.92 bits per heavy atom. The first-order valence-corrected chi connectivity index (χ1v) is 7.22. The first-order chi connectivity index (χ1) is 11.9. The highest BCUT2D eigenvalue weighted by atomic mass is 19.4. The quantitative estimate of drug-likeness (QED) is 0.782. The fraction of sp³-hybridized carbons (Fsp3) is 0.118. The van der Waals surface area contributed by atoms with Crippen LogP contribution in [0.1, 0.15) is 21.6 Å². The molecule has 0 fully saturated rings. The van der Waals surface area contributed by atoms with Gasteiger partial charge in [-0.25, -0.2) is 0 Å². The van der Waals surface area contributed by atoms with Gasteiger partial charge in [0.1, 0.15) is 5.69 Å². The number of hydrogen-bond donors (Lipinski definition) is 1. The number of nitrogens with one attached hydrogen (secondary N) is 1. The van der Waals surface area contributed by atoms with Crippen molar-refractivity contribution in [2.45, 2.75) is 12.7 Å². The Hall–Kier alpha value is -3.16. The molecule has 3 aromatic heterocycles. The van der Waals surface area contributed by atoms with Crippen LogP contribution in [0.2, 0.25) is 0 Å². The molecule has 0 aliphatic carbocycles. The summed E-state index contributed by atoms with van der Waals surface area (Å²) in [6.07, 6.45) is 1.09. The number of amides is 1. The molecule has 0 bridgehead atoms. The molecule has 25 heavy (non-hydrogen) atoms. The van der Waals surface area contributed by atoms with Crippen molar-refractivity contribution in [1.82, 2.24) is 15.3 Å². The molecular formula is C17H12F3N3O2. The standard InChI is InChI=1S/C17H12F3N3O2/c18-17(19,20)15-4-2-12(9-22-15)16(24)23-8-11-1-3-14(21-7-11)13-5-6-25-10-13/h1-7,9-10H,8H2,(H,23,24). The minimum absolute atomic E-state index is 0.0518. The maximum atomic E-state index is 12.4. The van der Waals surface area contributed by atoms with Crippen molar-refractivity contribution in [2.75, 3.05) is 0 Å². The summed E-state index contributed by atoms with van der Waals surface area (Å²) in [6, 6.07) is 7.22. The molecule has 0 saturated carbocycles. The number of carbonyl (C=O) groups excluding carboxylic acids is 1. The van der Waals surface area contributed by atoms with Crippen molar-refractivity contribution in [1.29, 1.82) is 0 Å². The molecule has 0 aliphatic heterocycles. The normalized spacial score (nSPS) is 11.3. The molecule has 5 nitrogen and oxygen atoms in total. The highest BCUT2D eigenvalue weighted by molar-refractivity contribution is 5.93. The Morgan fingerprint density at radius 3 is 2.48 bits per heavy atom. The molecule has 3 heterocycles. The zero-order chi connectivity index (χ0) is 17.9. The van der Waals surface area contributed by atoms with E-state index in [0.29, 0.717) is 0 Å². The Bertz CT molecular complexity index is 842. The van der Waals surface area contributed by atoms with E-state index in [0.717, 1.165) is 35.2 Å². The van der Waals surface area contributed by atoms with E-state index in [1.165, 1.54) is 0 Å². The molecule has 1 amide bonds. The molecule has 8 heteroatoms. The van der Waals surface area contributed by atoms with E-state index < -0.39 is 17.8 Å². The molecule has 1 N–H and O–H groups in total. The monoisotopic (exact) mass is 347 g/mol. The SMILES string of the molecule is O=C(NCc1ccc(-c2ccoc2)nc1)c1ccc(C(F)(F)F)nc1. The fourth-order valence-electron chi connectivity index (χ4n) is 2.09. The molecule has 0 spiro atoms. The Balaban J connectivity index is 1.60. The van der Waals surface area contributed by atoms with Gasteiger partial charge >= 0.3 is 6.18 Å². The topological polar surface area (TPSA) is 68.0 Å². The summed E-state index contributed by atoms with van der Waals surface area (Å²) in [4.78, 5) is 19.5. The van der Waals surface area contributed by atoms with E-state index in [9.17, 15) is 18.0 Å². The van der Waals surface area contributed by atoms with Gasteiger partial charge in [0.2, 0.25) is 0 Å². The van der Waals surface area contributed by atoms with Crippen LogP contribution in [0, 0.1) is 0 Å². The lowest BCUT2D eigenvalue weighted by Crippen LogP contribution is -2.23. The van der Waals surface area contributed by atoms with Crippen LogP contribution in [0.3, 0.4) is 0 Å². The summed E-state index contributed by atoms with van der Waals surface area (Å²) in [5.74, 6) is -0.514. The Morgan fingerprint density at radius 1 is 1.08 bits per heavy atom. The lowest BCUT2D eigenvalue weighted by Gasteiger charge is -2.08. The summed E-state index contributed by atoms with van der Waals surface area (Å²) in [5.41, 5.74) is 1.33. The van der Waals surface area contributed by atoms with Crippen molar-refractivity contribution < 1.29 is 22.4 Å². The lowest BCUT2D eigenvalue weighted by atomic mass is 10.2. The third kappa shape index (κ3) is 4.03. The largest absolute Gasteiger partial charge is 0.472 e. The molecular weight excluding hydrogens is 335 g/mol. The number of carbonyl (C=O) groups is 1. The molecule has 0 aliphatic rings. The van der Waals surface area contributed by atoms with Crippen molar-refractivity contribution in [3.63, 3.8) is 0 Å². The van der Waals surface area contributed by atoms with Gasteiger partial charge in [0.25, 0.3) is 5.91 Å². The van der Waals surface area contributed by atoms with Gasteiger partial charge in [-0.3, -0.25) is 14.8 Å². The van der Waals surface area contributed by atoms with Gasteiger partial charge in [0, 0.05) is 24.5 Å². The van der Waals surface area contributed by atoms with Gasteiger partial charge < -0.3 is 9.73 Å². The van der Waals surface area contributed by atoms with Crippen LogP contribution in [0.15, 0.2) is 59.7 Å². The third-order valence-corrected chi connectivity index (χ3v) is 3.41. The summed E-state index contributed by atoms with van der Waals surface area (Å²) in [5, 5.41) is 2.61. The first-order valence-electron chi connectivity index (χ1n) is 7.22. The summed E-state index contributed by atoms with van der Waals surface area (Å²) >= 11 is 0. The van der Waals surface area contributed by atoms with E-state index in [-0.39, 0.29) is 12.1 Å². The Labute approximate surface area is 140 Å². The predicted octanol–water partition coefficient (Wildman–Crippen LogP) is 3.69. The molecule has 3 aromatic rings. The number of halogens is 3. The summed E-state index contributed by atoms with van der Waals surface area (Å²) in [6.45, 7) is 0.193. The second-order valence-corrected chi connectivity index (χ2v) is 5.18. The van der Waals surface area contributed by atoms with E-state index in [4.69, 9.17) is 4.42 Å². The molecule has 3 rings (SSSR count). The highest BCUT2D eigenvalue weighted by Crippen LogP contribution is 2.27. The van der Waals surface area contributed by atoms with E-state index in [1.807, 2.05) is 0 Å². The number of hydrogen-bond acceptors (Lipinski definition) is 4. The van der Waals surface area contributed by atoms with Crippen molar-refractivity contribution in [3.05, 3.63) is 72.1 Å². The van der Waals surface area contributed by atoms with Gasteiger partial charge in [0.15, 0.2) is 0 Å². The van der Waals surface area contributed by atoms with Gasteiger partial charge in [-0.15, -0.1) is 0 Å². The van der Waals surface area contributed by atoms with Crippen LogP contribution in [-0.2, 0) is 12.7 Å². The van der Waals surface area contributed by atoms with Crippen molar-refractivity contribution >= 4 is 5.91 Å². The molecule has 128 valence electrons. The van der Waals surface area contributed by atoms with E-state index in [1.54, 1.807) is 36.9 Å². The van der Waals surface area contributed by atoms with Crippen molar-refractivity contribution in [3.8, 4) is 11.3 Å². The number of pyridine rings is 2. The summed E-state index contributed by atoms with van der Waals surface area (Å²) in [7, 11) is 0. The number of alkyl halides is 3. The molecule has 0 radical (unpaired) electrons. The molecule has 0 saturated heterocycles. The maximum absolute atomic E-state index is 12.4. The average molecular weight is 347 g/mol. The van der Waals surface area contributed by atoms with Gasteiger partial charge in [-0.2, -0.15) is 13.2 Å². The van der Waals surface area contributed by atoms with Crippen LogP contribution in [0.4, 0.5) is 13.2 Å². The van der Waals surface area contributed by atoms with Crippen LogP contribution >= 0.6 is 0 Å². The zero-order valence-electron chi connectivity index (χ0n) is 12.7.